The molecule has 0 heterocycles. The highest BCUT2D eigenvalue weighted by Crippen LogP contribution is 2.27. The van der Waals surface area contributed by atoms with Gasteiger partial charge in [-0.1, -0.05) is 33.6 Å². The van der Waals surface area contributed by atoms with Gasteiger partial charge in [-0.25, -0.2) is 8.42 Å². The first kappa shape index (κ1) is 16.3. The molecule has 0 atom stereocenters. The number of sulfonamides is 1. The average Bonchev–Trinajstić information content (AvgIpc) is 2.42. The van der Waals surface area contributed by atoms with Gasteiger partial charge < -0.3 is 5.11 Å². The Balaban J connectivity index is 2.43. The molecule has 0 aliphatic rings. The minimum atomic E-state index is -3.82. The van der Waals surface area contributed by atoms with Crippen LogP contribution in [0.15, 0.2) is 45.8 Å². The van der Waals surface area contributed by atoms with Crippen molar-refractivity contribution in [3.8, 4) is 0 Å². The number of halogens is 2. The number of benzene rings is 2. The maximum atomic E-state index is 12.4. The van der Waals surface area contributed by atoms with E-state index in [1.807, 2.05) is 6.07 Å². The molecule has 0 saturated carbocycles. The molecule has 112 valence electrons. The SMILES string of the molecule is Cc1cc(Br)ccc1NS(=O)(=O)c1cc(CO)ccc1Cl. The maximum absolute atomic E-state index is 12.4. The second-order valence-electron chi connectivity index (χ2n) is 4.49. The van der Waals surface area contributed by atoms with Gasteiger partial charge >= 0.3 is 0 Å². The summed E-state index contributed by atoms with van der Waals surface area (Å²) < 4.78 is 28.2. The summed E-state index contributed by atoms with van der Waals surface area (Å²) in [4.78, 5) is -0.0574. The zero-order valence-corrected chi connectivity index (χ0v) is 14.3. The highest BCUT2D eigenvalue weighted by molar-refractivity contribution is 9.10. The van der Waals surface area contributed by atoms with Crippen LogP contribution in [0.25, 0.3) is 0 Å². The third-order valence-corrected chi connectivity index (χ3v) is 5.24. The molecule has 2 N–H and O–H groups in total. The molecule has 0 unspecified atom stereocenters. The van der Waals surface area contributed by atoms with E-state index >= 15 is 0 Å². The Bertz CT molecular complexity index is 778. The molecule has 0 radical (unpaired) electrons. The van der Waals surface area contributed by atoms with E-state index in [2.05, 4.69) is 20.7 Å². The van der Waals surface area contributed by atoms with Crippen LogP contribution in [0.3, 0.4) is 0 Å². The Morgan fingerprint density at radius 1 is 1.24 bits per heavy atom. The third-order valence-electron chi connectivity index (χ3n) is 2.90. The molecule has 0 fully saturated rings. The van der Waals surface area contributed by atoms with Gasteiger partial charge in [0, 0.05) is 4.47 Å². The Morgan fingerprint density at radius 2 is 1.95 bits per heavy atom. The van der Waals surface area contributed by atoms with Crippen LogP contribution in [0.1, 0.15) is 11.1 Å². The van der Waals surface area contributed by atoms with E-state index in [9.17, 15) is 8.42 Å². The van der Waals surface area contributed by atoms with Gasteiger partial charge in [0.15, 0.2) is 0 Å². The maximum Gasteiger partial charge on any atom is 0.263 e. The summed E-state index contributed by atoms with van der Waals surface area (Å²) in [6, 6.07) is 9.61. The number of aliphatic hydroxyl groups excluding tert-OH is 1. The first-order chi connectivity index (χ1) is 9.83. The van der Waals surface area contributed by atoms with Gasteiger partial charge in [0.05, 0.1) is 17.3 Å². The molecule has 21 heavy (non-hydrogen) atoms. The Morgan fingerprint density at radius 3 is 2.57 bits per heavy atom. The van der Waals surface area contributed by atoms with Gasteiger partial charge in [0.1, 0.15) is 4.90 Å². The zero-order valence-electron chi connectivity index (χ0n) is 11.1. The number of aryl methyl sites for hydroxylation is 1. The van der Waals surface area contributed by atoms with Crippen LogP contribution >= 0.6 is 27.5 Å². The van der Waals surface area contributed by atoms with Crippen molar-refractivity contribution in [1.29, 1.82) is 0 Å². The van der Waals surface area contributed by atoms with E-state index in [0.29, 0.717) is 11.3 Å². The van der Waals surface area contributed by atoms with Crippen LogP contribution in [-0.2, 0) is 16.6 Å². The second-order valence-corrected chi connectivity index (χ2v) is 7.46. The first-order valence-electron chi connectivity index (χ1n) is 6.02. The minimum Gasteiger partial charge on any atom is -0.392 e. The number of hydrogen-bond donors (Lipinski definition) is 2. The van der Waals surface area contributed by atoms with Crippen molar-refractivity contribution in [2.75, 3.05) is 4.72 Å². The highest BCUT2D eigenvalue weighted by atomic mass is 79.9. The number of anilines is 1. The van der Waals surface area contributed by atoms with Gasteiger partial charge in [0.25, 0.3) is 10.0 Å². The molecule has 2 rings (SSSR count). The molecule has 0 aromatic heterocycles. The summed E-state index contributed by atoms with van der Waals surface area (Å²) in [7, 11) is -3.82. The Labute approximate surface area is 136 Å². The molecule has 2 aromatic rings. The van der Waals surface area contributed by atoms with Gasteiger partial charge in [-0.15, -0.1) is 0 Å². The molecule has 0 amide bonds. The number of nitrogens with one attached hydrogen (secondary N) is 1. The Hall–Kier alpha value is -1.08. The van der Waals surface area contributed by atoms with Gasteiger partial charge in [0.2, 0.25) is 0 Å². The zero-order chi connectivity index (χ0) is 15.6. The molecule has 0 spiro atoms. The fourth-order valence-corrected chi connectivity index (χ4v) is 3.95. The molecule has 0 aliphatic carbocycles. The number of rotatable bonds is 4. The third kappa shape index (κ3) is 3.77. The lowest BCUT2D eigenvalue weighted by Crippen LogP contribution is -2.14. The molecule has 0 saturated heterocycles. The van der Waals surface area contributed by atoms with E-state index in [-0.39, 0.29) is 16.5 Å². The smallest absolute Gasteiger partial charge is 0.263 e. The molecular weight excluding hydrogens is 378 g/mol. The van der Waals surface area contributed by atoms with Crippen LogP contribution in [0.4, 0.5) is 5.69 Å². The van der Waals surface area contributed by atoms with Crippen LogP contribution < -0.4 is 4.72 Å². The highest BCUT2D eigenvalue weighted by Gasteiger charge is 2.19. The molecule has 4 nitrogen and oxygen atoms in total. The summed E-state index contributed by atoms with van der Waals surface area (Å²) in [5, 5.41) is 9.23. The standard InChI is InChI=1S/C14H13BrClNO3S/c1-9-6-11(15)3-5-13(9)17-21(19,20)14-7-10(8-18)2-4-12(14)16/h2-7,17-18H,8H2,1H3. The molecule has 0 bridgehead atoms. The molecule has 0 aliphatic heterocycles. The van der Waals surface area contributed by atoms with Crippen molar-refractivity contribution in [2.45, 2.75) is 18.4 Å². The van der Waals surface area contributed by atoms with E-state index in [4.69, 9.17) is 16.7 Å². The molecule has 7 heteroatoms. The predicted molar refractivity (Wildman–Crippen MR) is 87.1 cm³/mol. The summed E-state index contributed by atoms with van der Waals surface area (Å²) in [5.41, 5.74) is 1.73. The lowest BCUT2D eigenvalue weighted by molar-refractivity contribution is 0.281. The minimum absolute atomic E-state index is 0.0574. The second kappa shape index (κ2) is 6.36. The normalized spacial score (nSPS) is 11.4. The quantitative estimate of drug-likeness (QED) is 0.836. The Kier molecular flexibility index (Phi) is 4.93. The summed E-state index contributed by atoms with van der Waals surface area (Å²) in [6.07, 6.45) is 0. The predicted octanol–water partition coefficient (Wildman–Crippen LogP) is 3.70. The fourth-order valence-electron chi connectivity index (χ4n) is 1.79. The number of aliphatic hydroxyl groups is 1. The van der Waals surface area contributed by atoms with E-state index in [1.54, 1.807) is 25.1 Å². The van der Waals surface area contributed by atoms with Crippen LogP contribution in [-0.4, -0.2) is 13.5 Å². The summed E-state index contributed by atoms with van der Waals surface area (Å²) in [5.74, 6) is 0. The van der Waals surface area contributed by atoms with Gasteiger partial charge in [-0.2, -0.15) is 0 Å². The van der Waals surface area contributed by atoms with Crippen molar-refractivity contribution < 1.29 is 13.5 Å². The topological polar surface area (TPSA) is 66.4 Å². The van der Waals surface area contributed by atoms with Crippen LogP contribution in [0.2, 0.25) is 5.02 Å². The van der Waals surface area contributed by atoms with E-state index in [1.165, 1.54) is 12.1 Å². The summed E-state index contributed by atoms with van der Waals surface area (Å²) in [6.45, 7) is 1.55. The first-order valence-corrected chi connectivity index (χ1v) is 8.67. The van der Waals surface area contributed by atoms with Crippen molar-refractivity contribution in [1.82, 2.24) is 0 Å². The monoisotopic (exact) mass is 389 g/mol. The number of hydrogen-bond acceptors (Lipinski definition) is 3. The van der Waals surface area contributed by atoms with Crippen molar-refractivity contribution >= 4 is 43.2 Å². The fraction of sp³-hybridized carbons (Fsp3) is 0.143. The lowest BCUT2D eigenvalue weighted by Gasteiger charge is -2.12. The van der Waals surface area contributed by atoms with E-state index in [0.717, 1.165) is 10.0 Å². The average molecular weight is 391 g/mol. The van der Waals surface area contributed by atoms with Crippen molar-refractivity contribution in [3.63, 3.8) is 0 Å². The lowest BCUT2D eigenvalue weighted by atomic mass is 10.2. The van der Waals surface area contributed by atoms with Crippen LogP contribution in [0.5, 0.6) is 0 Å². The van der Waals surface area contributed by atoms with E-state index < -0.39 is 10.0 Å². The summed E-state index contributed by atoms with van der Waals surface area (Å²) >= 11 is 9.29. The van der Waals surface area contributed by atoms with Crippen LogP contribution in [0, 0.1) is 6.92 Å². The molecular formula is C14H13BrClNO3S. The van der Waals surface area contributed by atoms with Crippen molar-refractivity contribution in [3.05, 3.63) is 57.0 Å². The molecule has 2 aromatic carbocycles. The van der Waals surface area contributed by atoms with Crippen molar-refractivity contribution in [2.24, 2.45) is 0 Å². The van der Waals surface area contributed by atoms with Gasteiger partial charge in [-0.3, -0.25) is 4.72 Å². The largest absolute Gasteiger partial charge is 0.392 e. The van der Waals surface area contributed by atoms with Gasteiger partial charge in [-0.05, 0) is 48.4 Å².